The van der Waals surface area contributed by atoms with Crippen molar-refractivity contribution in [3.63, 3.8) is 0 Å². The SMILES string of the molecule is COc1ccc(C2(NC(=O)CC(C)C)CC2)cc1. The van der Waals surface area contributed by atoms with Crippen molar-refractivity contribution in [3.8, 4) is 5.75 Å². The summed E-state index contributed by atoms with van der Waals surface area (Å²) in [4.78, 5) is 11.9. The second-order valence-electron chi connectivity index (χ2n) is 5.46. The van der Waals surface area contributed by atoms with E-state index in [1.54, 1.807) is 7.11 Å². The number of amides is 1. The van der Waals surface area contributed by atoms with Gasteiger partial charge in [0.05, 0.1) is 12.6 Å². The highest BCUT2D eigenvalue weighted by Gasteiger charge is 2.45. The van der Waals surface area contributed by atoms with Gasteiger partial charge >= 0.3 is 0 Å². The molecule has 1 amide bonds. The summed E-state index contributed by atoms with van der Waals surface area (Å²) >= 11 is 0. The molecule has 2 rings (SSSR count). The Morgan fingerprint density at radius 1 is 1.33 bits per heavy atom. The fourth-order valence-electron chi connectivity index (χ4n) is 2.21. The summed E-state index contributed by atoms with van der Waals surface area (Å²) in [5.41, 5.74) is 1.07. The second kappa shape index (κ2) is 5.01. The fourth-order valence-corrected chi connectivity index (χ4v) is 2.21. The van der Waals surface area contributed by atoms with Crippen LogP contribution >= 0.6 is 0 Å². The molecule has 18 heavy (non-hydrogen) atoms. The first-order chi connectivity index (χ1) is 8.55. The molecule has 98 valence electrons. The van der Waals surface area contributed by atoms with Crippen LogP contribution in [-0.4, -0.2) is 13.0 Å². The Kier molecular flexibility index (Phi) is 3.60. The van der Waals surface area contributed by atoms with Crippen LogP contribution in [0.25, 0.3) is 0 Å². The van der Waals surface area contributed by atoms with Crippen molar-refractivity contribution in [3.05, 3.63) is 29.8 Å². The molecule has 1 aliphatic rings. The maximum atomic E-state index is 11.9. The molecular formula is C15H21NO2. The molecule has 0 atom stereocenters. The Bertz CT molecular complexity index is 419. The maximum Gasteiger partial charge on any atom is 0.220 e. The van der Waals surface area contributed by atoms with E-state index in [9.17, 15) is 4.79 Å². The van der Waals surface area contributed by atoms with Gasteiger partial charge in [-0.2, -0.15) is 0 Å². The molecule has 0 bridgehead atoms. The van der Waals surface area contributed by atoms with Crippen molar-refractivity contribution in [1.29, 1.82) is 0 Å². The van der Waals surface area contributed by atoms with Crippen LogP contribution in [0.2, 0.25) is 0 Å². The molecule has 3 heteroatoms. The zero-order valence-corrected chi connectivity index (χ0v) is 11.3. The molecule has 0 aromatic heterocycles. The van der Waals surface area contributed by atoms with Crippen molar-refractivity contribution in [2.24, 2.45) is 5.92 Å². The lowest BCUT2D eigenvalue weighted by atomic mass is 10.0. The monoisotopic (exact) mass is 247 g/mol. The topological polar surface area (TPSA) is 38.3 Å². The number of ether oxygens (including phenoxy) is 1. The molecule has 1 aliphatic carbocycles. The molecule has 0 aliphatic heterocycles. The number of rotatable bonds is 5. The summed E-state index contributed by atoms with van der Waals surface area (Å²) in [6, 6.07) is 7.98. The molecular weight excluding hydrogens is 226 g/mol. The van der Waals surface area contributed by atoms with Crippen LogP contribution in [-0.2, 0) is 10.3 Å². The highest BCUT2D eigenvalue weighted by atomic mass is 16.5. The Labute approximate surface area is 109 Å². The molecule has 1 fully saturated rings. The molecule has 0 spiro atoms. The smallest absolute Gasteiger partial charge is 0.220 e. The molecule has 0 radical (unpaired) electrons. The van der Waals surface area contributed by atoms with Gasteiger partial charge in [-0.15, -0.1) is 0 Å². The molecule has 1 aromatic carbocycles. The summed E-state index contributed by atoms with van der Waals surface area (Å²) in [5, 5.41) is 3.17. The fraction of sp³-hybridized carbons (Fsp3) is 0.533. The normalized spacial score (nSPS) is 16.4. The van der Waals surface area contributed by atoms with E-state index in [2.05, 4.69) is 19.2 Å². The Morgan fingerprint density at radius 3 is 2.39 bits per heavy atom. The van der Waals surface area contributed by atoms with Gasteiger partial charge in [0, 0.05) is 6.42 Å². The van der Waals surface area contributed by atoms with E-state index < -0.39 is 0 Å². The van der Waals surface area contributed by atoms with Crippen LogP contribution in [0, 0.1) is 5.92 Å². The first-order valence-electron chi connectivity index (χ1n) is 6.51. The summed E-state index contributed by atoms with van der Waals surface area (Å²) in [7, 11) is 1.66. The third-order valence-corrected chi connectivity index (χ3v) is 3.36. The molecule has 0 saturated heterocycles. The Hall–Kier alpha value is -1.51. The number of methoxy groups -OCH3 is 1. The lowest BCUT2D eigenvalue weighted by Gasteiger charge is -2.19. The van der Waals surface area contributed by atoms with E-state index in [0.717, 1.165) is 18.6 Å². The van der Waals surface area contributed by atoms with Crippen molar-refractivity contribution in [1.82, 2.24) is 5.32 Å². The molecule has 0 unspecified atom stereocenters. The Morgan fingerprint density at radius 2 is 1.94 bits per heavy atom. The van der Waals surface area contributed by atoms with Gasteiger partial charge in [0.2, 0.25) is 5.91 Å². The molecule has 1 aromatic rings. The largest absolute Gasteiger partial charge is 0.497 e. The average molecular weight is 247 g/mol. The minimum Gasteiger partial charge on any atom is -0.497 e. The van der Waals surface area contributed by atoms with Crippen molar-refractivity contribution in [2.75, 3.05) is 7.11 Å². The van der Waals surface area contributed by atoms with Crippen LogP contribution in [0.4, 0.5) is 0 Å². The minimum absolute atomic E-state index is 0.113. The standard InChI is InChI=1S/C15H21NO2/c1-11(2)10-14(17)16-15(8-9-15)12-4-6-13(18-3)7-5-12/h4-7,11H,8-10H2,1-3H3,(H,16,17). The van der Waals surface area contributed by atoms with Crippen LogP contribution < -0.4 is 10.1 Å². The summed E-state index contributed by atoms with van der Waals surface area (Å²) in [6.07, 6.45) is 2.66. The predicted octanol–water partition coefficient (Wildman–Crippen LogP) is 2.85. The minimum atomic E-state index is -0.113. The first kappa shape index (κ1) is 12.9. The van der Waals surface area contributed by atoms with Crippen LogP contribution in [0.15, 0.2) is 24.3 Å². The molecule has 1 saturated carbocycles. The van der Waals surface area contributed by atoms with E-state index in [-0.39, 0.29) is 11.4 Å². The van der Waals surface area contributed by atoms with E-state index in [1.165, 1.54) is 5.56 Å². The van der Waals surface area contributed by atoms with Gasteiger partial charge in [-0.05, 0) is 36.5 Å². The van der Waals surface area contributed by atoms with Gasteiger partial charge in [-0.1, -0.05) is 26.0 Å². The average Bonchev–Trinajstić information content (AvgIpc) is 3.09. The van der Waals surface area contributed by atoms with Crippen LogP contribution in [0.5, 0.6) is 5.75 Å². The summed E-state index contributed by atoms with van der Waals surface area (Å²) < 4.78 is 5.15. The van der Waals surface area contributed by atoms with E-state index in [4.69, 9.17) is 4.74 Å². The molecule has 1 N–H and O–H groups in total. The van der Waals surface area contributed by atoms with Gasteiger partial charge in [0.25, 0.3) is 0 Å². The van der Waals surface area contributed by atoms with Gasteiger partial charge < -0.3 is 10.1 Å². The van der Waals surface area contributed by atoms with E-state index >= 15 is 0 Å². The third-order valence-electron chi connectivity index (χ3n) is 3.36. The highest BCUT2D eigenvalue weighted by Crippen LogP contribution is 2.45. The number of carbonyl (C=O) groups is 1. The maximum absolute atomic E-state index is 11.9. The quantitative estimate of drug-likeness (QED) is 0.869. The van der Waals surface area contributed by atoms with Gasteiger partial charge in [0.15, 0.2) is 0 Å². The lowest BCUT2D eigenvalue weighted by molar-refractivity contribution is -0.122. The summed E-state index contributed by atoms with van der Waals surface area (Å²) in [6.45, 7) is 4.12. The predicted molar refractivity (Wildman–Crippen MR) is 71.5 cm³/mol. The highest BCUT2D eigenvalue weighted by molar-refractivity contribution is 5.77. The number of hydrogen-bond acceptors (Lipinski definition) is 2. The zero-order chi connectivity index (χ0) is 13.2. The first-order valence-corrected chi connectivity index (χ1v) is 6.51. The summed E-state index contributed by atoms with van der Waals surface area (Å²) in [5.74, 6) is 1.40. The van der Waals surface area contributed by atoms with Crippen molar-refractivity contribution >= 4 is 5.91 Å². The van der Waals surface area contributed by atoms with Gasteiger partial charge in [0.1, 0.15) is 5.75 Å². The second-order valence-corrected chi connectivity index (χ2v) is 5.46. The zero-order valence-electron chi connectivity index (χ0n) is 11.3. The van der Waals surface area contributed by atoms with Crippen LogP contribution in [0.3, 0.4) is 0 Å². The third kappa shape index (κ3) is 2.84. The molecule has 3 nitrogen and oxygen atoms in total. The van der Waals surface area contributed by atoms with Gasteiger partial charge in [-0.25, -0.2) is 0 Å². The number of benzene rings is 1. The number of hydrogen-bond donors (Lipinski definition) is 1. The van der Waals surface area contributed by atoms with Crippen molar-refractivity contribution in [2.45, 2.75) is 38.6 Å². The lowest BCUT2D eigenvalue weighted by Crippen LogP contribution is -2.35. The van der Waals surface area contributed by atoms with Crippen LogP contribution in [0.1, 0.15) is 38.7 Å². The van der Waals surface area contributed by atoms with E-state index in [0.29, 0.717) is 12.3 Å². The van der Waals surface area contributed by atoms with E-state index in [1.807, 2.05) is 24.3 Å². The van der Waals surface area contributed by atoms with Crippen molar-refractivity contribution < 1.29 is 9.53 Å². The number of nitrogens with one attached hydrogen (secondary N) is 1. The van der Waals surface area contributed by atoms with Gasteiger partial charge in [-0.3, -0.25) is 4.79 Å². The molecule has 0 heterocycles. The number of carbonyl (C=O) groups excluding carboxylic acids is 1. The Balaban J connectivity index is 2.04.